The number of hydrogen-bond acceptors (Lipinski definition) is 5. The normalized spacial score (nSPS) is 17.5. The van der Waals surface area contributed by atoms with Crippen molar-refractivity contribution in [1.29, 1.82) is 0 Å². The maximum absolute atomic E-state index is 13.5. The highest BCUT2D eigenvalue weighted by Crippen LogP contribution is 2.37. The van der Waals surface area contributed by atoms with E-state index in [1.165, 1.54) is 10.9 Å². The van der Waals surface area contributed by atoms with Gasteiger partial charge in [-0.25, -0.2) is 14.2 Å². The largest absolute Gasteiger partial charge is 0.416 e. The zero-order valence-corrected chi connectivity index (χ0v) is 17.2. The number of nitrogens with zero attached hydrogens (tertiary/aromatic N) is 5. The molecule has 2 aromatic heterocycles. The number of aromatic nitrogens is 5. The lowest BCUT2D eigenvalue weighted by molar-refractivity contribution is -0.138. The van der Waals surface area contributed by atoms with Gasteiger partial charge in [0, 0.05) is 12.5 Å². The lowest BCUT2D eigenvalue weighted by Gasteiger charge is -2.35. The average Bonchev–Trinajstić information content (AvgIpc) is 3.11. The van der Waals surface area contributed by atoms with E-state index in [4.69, 9.17) is 11.6 Å². The summed E-state index contributed by atoms with van der Waals surface area (Å²) in [6.45, 7) is 3.71. The Morgan fingerprint density at radius 2 is 2.06 bits per heavy atom. The minimum absolute atomic E-state index is 0.00723. The number of nitrogens with one attached hydrogen (secondary N) is 1. The Hall–Kier alpha value is -2.95. The van der Waals surface area contributed by atoms with E-state index in [9.17, 15) is 22.4 Å². The number of aromatic amines is 1. The molecule has 2 atom stereocenters. The van der Waals surface area contributed by atoms with E-state index >= 15 is 0 Å². The van der Waals surface area contributed by atoms with Gasteiger partial charge in [-0.2, -0.15) is 18.3 Å². The fraction of sp³-hybridized carbons (Fsp3) is 0.368. The lowest BCUT2D eigenvalue weighted by atomic mass is 9.98. The Labute approximate surface area is 178 Å². The van der Waals surface area contributed by atoms with Gasteiger partial charge in [0.1, 0.15) is 16.5 Å². The van der Waals surface area contributed by atoms with Crippen LogP contribution in [0.4, 0.5) is 23.2 Å². The molecule has 1 aliphatic heterocycles. The fourth-order valence-corrected chi connectivity index (χ4v) is 4.07. The molecule has 0 fully saturated rings. The summed E-state index contributed by atoms with van der Waals surface area (Å²) in [6.07, 6.45) is -2.87. The van der Waals surface area contributed by atoms with Crippen LogP contribution in [-0.2, 0) is 19.1 Å². The highest BCUT2D eigenvalue weighted by atomic mass is 35.5. The van der Waals surface area contributed by atoms with Gasteiger partial charge >= 0.3 is 6.18 Å². The van der Waals surface area contributed by atoms with E-state index < -0.39 is 29.2 Å². The van der Waals surface area contributed by atoms with Crippen LogP contribution < -0.4 is 10.5 Å². The average molecular weight is 457 g/mol. The van der Waals surface area contributed by atoms with Crippen molar-refractivity contribution in [2.75, 3.05) is 4.90 Å². The predicted molar refractivity (Wildman–Crippen MR) is 104 cm³/mol. The third-order valence-corrected chi connectivity index (χ3v) is 5.80. The van der Waals surface area contributed by atoms with Gasteiger partial charge in [-0.3, -0.25) is 4.79 Å². The number of hydrogen-bond donors (Lipinski definition) is 1. The molecular formula is C19H17ClF4N6O. The SMILES string of the molecule is CC(c1ccc(F)cc1C(F)(F)F)n1nnc2c1C[C@@H](C)N(c1cn[nH]c(=O)c1Cl)C2. The van der Waals surface area contributed by atoms with Crippen molar-refractivity contribution in [2.45, 2.75) is 45.1 Å². The van der Waals surface area contributed by atoms with Gasteiger partial charge in [-0.05, 0) is 31.5 Å². The van der Waals surface area contributed by atoms with Crippen LogP contribution >= 0.6 is 11.6 Å². The van der Waals surface area contributed by atoms with Crippen LogP contribution in [0.15, 0.2) is 29.2 Å². The highest BCUT2D eigenvalue weighted by Gasteiger charge is 2.37. The summed E-state index contributed by atoms with van der Waals surface area (Å²) in [5, 5.41) is 14.3. The van der Waals surface area contributed by atoms with E-state index in [1.807, 2.05) is 11.8 Å². The maximum atomic E-state index is 13.5. The summed E-state index contributed by atoms with van der Waals surface area (Å²) in [6, 6.07) is 1.63. The molecule has 1 aromatic carbocycles. The molecule has 0 saturated heterocycles. The first-order chi connectivity index (χ1) is 14.6. The number of benzene rings is 1. The minimum atomic E-state index is -4.71. The van der Waals surface area contributed by atoms with Gasteiger partial charge in [-0.15, -0.1) is 5.10 Å². The molecule has 3 heterocycles. The van der Waals surface area contributed by atoms with Gasteiger partial charge in [0.2, 0.25) is 0 Å². The van der Waals surface area contributed by atoms with Crippen molar-refractivity contribution in [1.82, 2.24) is 25.2 Å². The zero-order chi connectivity index (χ0) is 22.5. The molecule has 1 N–H and O–H groups in total. The van der Waals surface area contributed by atoms with Gasteiger partial charge in [0.15, 0.2) is 0 Å². The second-order valence-electron chi connectivity index (χ2n) is 7.41. The molecule has 31 heavy (non-hydrogen) atoms. The third kappa shape index (κ3) is 3.78. The van der Waals surface area contributed by atoms with Crippen LogP contribution in [0.25, 0.3) is 0 Å². The quantitative estimate of drug-likeness (QED) is 0.607. The number of rotatable bonds is 3. The molecule has 4 rings (SSSR count). The summed E-state index contributed by atoms with van der Waals surface area (Å²) < 4.78 is 55.4. The second-order valence-corrected chi connectivity index (χ2v) is 7.79. The Morgan fingerprint density at radius 3 is 2.77 bits per heavy atom. The molecule has 0 amide bonds. The first-order valence-electron chi connectivity index (χ1n) is 9.37. The summed E-state index contributed by atoms with van der Waals surface area (Å²) in [4.78, 5) is 13.6. The molecule has 3 aromatic rings. The summed E-state index contributed by atoms with van der Waals surface area (Å²) in [5.41, 5.74) is -0.0105. The maximum Gasteiger partial charge on any atom is 0.416 e. The van der Waals surface area contributed by atoms with Gasteiger partial charge in [0.05, 0.1) is 35.7 Å². The van der Waals surface area contributed by atoms with Crippen LogP contribution in [0.1, 0.15) is 42.4 Å². The second kappa shape index (κ2) is 7.63. The first kappa shape index (κ1) is 21.3. The number of fused-ring (bicyclic) bond motifs is 1. The van der Waals surface area contributed by atoms with Crippen molar-refractivity contribution in [2.24, 2.45) is 0 Å². The molecule has 164 valence electrons. The molecule has 0 radical (unpaired) electrons. The first-order valence-corrected chi connectivity index (χ1v) is 9.75. The minimum Gasteiger partial charge on any atom is -0.360 e. The molecule has 0 aliphatic carbocycles. The van der Waals surface area contributed by atoms with Gasteiger partial charge < -0.3 is 4.90 Å². The molecule has 1 unspecified atom stereocenters. The number of alkyl halides is 3. The summed E-state index contributed by atoms with van der Waals surface area (Å²) >= 11 is 6.12. The highest BCUT2D eigenvalue weighted by molar-refractivity contribution is 6.33. The van der Waals surface area contributed by atoms with Crippen molar-refractivity contribution in [3.63, 3.8) is 0 Å². The molecule has 0 spiro atoms. The topological polar surface area (TPSA) is 79.7 Å². The van der Waals surface area contributed by atoms with Crippen molar-refractivity contribution < 1.29 is 17.6 Å². The monoisotopic (exact) mass is 456 g/mol. The molecular weight excluding hydrogens is 440 g/mol. The Bertz CT molecular complexity index is 1190. The summed E-state index contributed by atoms with van der Waals surface area (Å²) in [5.74, 6) is -0.962. The fourth-order valence-electron chi connectivity index (χ4n) is 3.87. The predicted octanol–water partition coefficient (Wildman–Crippen LogP) is 3.73. The number of H-pyrrole nitrogens is 1. The molecule has 12 heteroatoms. The Balaban J connectivity index is 1.71. The van der Waals surface area contributed by atoms with Crippen LogP contribution in [-0.4, -0.2) is 31.2 Å². The van der Waals surface area contributed by atoms with Gasteiger partial charge in [0.25, 0.3) is 5.56 Å². The van der Waals surface area contributed by atoms with Crippen LogP contribution in [0.5, 0.6) is 0 Å². The standard InChI is InChI=1S/C19H17ClF4N6O/c1-9-5-15-14(8-29(9)16-7-25-27-18(31)17(16)20)26-28-30(15)10(2)12-4-3-11(21)6-13(12)19(22,23)24/h3-4,6-7,9-10H,5,8H2,1-2H3,(H,27,31)/t9-,10?/m1/s1. The van der Waals surface area contributed by atoms with Crippen LogP contribution in [0.2, 0.25) is 5.02 Å². The van der Waals surface area contributed by atoms with E-state index in [0.29, 0.717) is 29.6 Å². The third-order valence-electron chi connectivity index (χ3n) is 5.44. The number of anilines is 1. The molecule has 0 bridgehead atoms. The van der Waals surface area contributed by atoms with Crippen molar-refractivity contribution in [3.8, 4) is 0 Å². The van der Waals surface area contributed by atoms with Gasteiger partial charge in [-0.1, -0.05) is 22.9 Å². The van der Waals surface area contributed by atoms with E-state index in [2.05, 4.69) is 20.5 Å². The molecule has 0 saturated carbocycles. The Kier molecular flexibility index (Phi) is 5.24. The van der Waals surface area contributed by atoms with Crippen molar-refractivity contribution in [3.05, 3.63) is 68.1 Å². The van der Waals surface area contributed by atoms with E-state index in [-0.39, 0.29) is 23.2 Å². The smallest absolute Gasteiger partial charge is 0.360 e. The van der Waals surface area contributed by atoms with Crippen LogP contribution in [0, 0.1) is 5.82 Å². The van der Waals surface area contributed by atoms with E-state index in [0.717, 1.165) is 12.1 Å². The zero-order valence-electron chi connectivity index (χ0n) is 16.4. The molecule has 7 nitrogen and oxygen atoms in total. The van der Waals surface area contributed by atoms with Crippen LogP contribution in [0.3, 0.4) is 0 Å². The molecule has 1 aliphatic rings. The number of halogens is 5. The lowest BCUT2D eigenvalue weighted by Crippen LogP contribution is -2.40. The van der Waals surface area contributed by atoms with E-state index in [1.54, 1.807) is 6.92 Å². The Morgan fingerprint density at radius 1 is 1.32 bits per heavy atom. The summed E-state index contributed by atoms with van der Waals surface area (Å²) in [7, 11) is 0. The van der Waals surface area contributed by atoms with Crippen molar-refractivity contribution >= 4 is 17.3 Å².